The summed E-state index contributed by atoms with van der Waals surface area (Å²) in [5.41, 5.74) is 5.49. The third-order valence-corrected chi connectivity index (χ3v) is 2.26. The molecule has 0 aromatic rings. The Balaban J connectivity index is 4.06. The molecule has 2 N–H and O–H groups in total. The van der Waals surface area contributed by atoms with Gasteiger partial charge in [0.15, 0.2) is 0 Å². The van der Waals surface area contributed by atoms with Crippen molar-refractivity contribution in [3.8, 4) is 0 Å². The van der Waals surface area contributed by atoms with Crippen molar-refractivity contribution in [3.05, 3.63) is 0 Å². The number of hydrogen-bond donors (Lipinski definition) is 1. The monoisotopic (exact) mass is 170 g/mol. The van der Waals surface area contributed by atoms with Crippen LogP contribution in [-0.2, 0) is 0 Å². The summed E-state index contributed by atoms with van der Waals surface area (Å²) in [6.07, 6.45) is 0. The Bertz CT molecular complexity index is 136. The van der Waals surface area contributed by atoms with Crippen LogP contribution in [0.2, 0.25) is 0 Å². The average molecular weight is 170 g/mol. The number of rotatable bonds is 4. The molecule has 0 radical (unpaired) electrons. The fraction of sp³-hybridized carbons (Fsp3) is 0.900. The van der Waals surface area contributed by atoms with Crippen molar-refractivity contribution in [1.82, 2.24) is 0 Å². The van der Waals surface area contributed by atoms with E-state index in [1.54, 1.807) is 0 Å². The standard InChI is InChI=1S/C10H22N2/c1-7(2)10(8(3)4)6-12-9(5)11/h7-8,10H,6H2,1-5H3,(H2,11,12). The molecule has 0 bridgehead atoms. The summed E-state index contributed by atoms with van der Waals surface area (Å²) in [7, 11) is 0. The van der Waals surface area contributed by atoms with Gasteiger partial charge in [-0.3, -0.25) is 4.99 Å². The highest BCUT2D eigenvalue weighted by molar-refractivity contribution is 5.77. The van der Waals surface area contributed by atoms with Gasteiger partial charge < -0.3 is 5.73 Å². The molecule has 0 atom stereocenters. The van der Waals surface area contributed by atoms with Crippen LogP contribution in [0.15, 0.2) is 4.99 Å². The molecule has 0 rings (SSSR count). The second-order valence-corrected chi connectivity index (χ2v) is 4.13. The first-order valence-electron chi connectivity index (χ1n) is 4.71. The van der Waals surface area contributed by atoms with Crippen molar-refractivity contribution in [3.63, 3.8) is 0 Å². The van der Waals surface area contributed by atoms with Gasteiger partial charge in [0.25, 0.3) is 0 Å². The SMILES string of the molecule is CC(N)=NCC(C(C)C)C(C)C. The third-order valence-electron chi connectivity index (χ3n) is 2.26. The minimum Gasteiger partial charge on any atom is -0.388 e. The number of hydrogen-bond acceptors (Lipinski definition) is 1. The summed E-state index contributed by atoms with van der Waals surface area (Å²) < 4.78 is 0. The zero-order chi connectivity index (χ0) is 9.72. The summed E-state index contributed by atoms with van der Waals surface area (Å²) in [5, 5.41) is 0. The van der Waals surface area contributed by atoms with Crippen molar-refractivity contribution in [1.29, 1.82) is 0 Å². The molecule has 0 saturated heterocycles. The van der Waals surface area contributed by atoms with Gasteiger partial charge in [-0.2, -0.15) is 0 Å². The molecular weight excluding hydrogens is 148 g/mol. The molecule has 0 aliphatic heterocycles. The second kappa shape index (κ2) is 5.18. The van der Waals surface area contributed by atoms with Crippen molar-refractivity contribution in [2.45, 2.75) is 34.6 Å². The molecule has 0 aromatic carbocycles. The van der Waals surface area contributed by atoms with Crippen LogP contribution in [-0.4, -0.2) is 12.4 Å². The Morgan fingerprint density at radius 2 is 1.58 bits per heavy atom. The lowest BCUT2D eigenvalue weighted by atomic mass is 9.86. The Morgan fingerprint density at radius 3 is 1.83 bits per heavy atom. The van der Waals surface area contributed by atoms with Crippen LogP contribution in [0.1, 0.15) is 34.6 Å². The van der Waals surface area contributed by atoms with Gasteiger partial charge >= 0.3 is 0 Å². The molecule has 0 saturated carbocycles. The maximum absolute atomic E-state index is 5.49. The van der Waals surface area contributed by atoms with E-state index >= 15 is 0 Å². The van der Waals surface area contributed by atoms with E-state index in [9.17, 15) is 0 Å². The smallest absolute Gasteiger partial charge is 0.0905 e. The molecule has 0 aromatic heterocycles. The van der Waals surface area contributed by atoms with Gasteiger partial charge in [-0.05, 0) is 24.7 Å². The fourth-order valence-corrected chi connectivity index (χ4v) is 1.44. The predicted octanol–water partition coefficient (Wildman–Crippen LogP) is 2.29. The van der Waals surface area contributed by atoms with Crippen LogP contribution in [0.3, 0.4) is 0 Å². The van der Waals surface area contributed by atoms with Crippen LogP contribution < -0.4 is 5.73 Å². The summed E-state index contributed by atoms with van der Waals surface area (Å²) in [6.45, 7) is 11.7. The summed E-state index contributed by atoms with van der Waals surface area (Å²) in [5.74, 6) is 2.73. The molecule has 72 valence electrons. The van der Waals surface area contributed by atoms with E-state index < -0.39 is 0 Å². The third kappa shape index (κ3) is 4.37. The number of nitrogens with zero attached hydrogens (tertiary/aromatic N) is 1. The lowest BCUT2D eigenvalue weighted by Crippen LogP contribution is -2.20. The molecule has 0 fully saturated rings. The molecule has 0 aliphatic carbocycles. The van der Waals surface area contributed by atoms with E-state index in [0.717, 1.165) is 6.54 Å². The summed E-state index contributed by atoms with van der Waals surface area (Å²) in [4.78, 5) is 4.26. The quantitative estimate of drug-likeness (QED) is 0.510. The molecular formula is C10H22N2. The number of aliphatic imine (C=N–C) groups is 1. The van der Waals surface area contributed by atoms with Crippen LogP contribution >= 0.6 is 0 Å². The van der Waals surface area contributed by atoms with Gasteiger partial charge in [0.05, 0.1) is 5.84 Å². The van der Waals surface area contributed by atoms with E-state index in [0.29, 0.717) is 23.6 Å². The zero-order valence-electron chi connectivity index (χ0n) is 8.96. The first-order chi connectivity index (χ1) is 5.45. The van der Waals surface area contributed by atoms with Gasteiger partial charge in [0.2, 0.25) is 0 Å². The van der Waals surface area contributed by atoms with Crippen LogP contribution in [0, 0.1) is 17.8 Å². The normalized spacial score (nSPS) is 13.5. The van der Waals surface area contributed by atoms with Crippen molar-refractivity contribution < 1.29 is 0 Å². The molecule has 2 heteroatoms. The van der Waals surface area contributed by atoms with Crippen molar-refractivity contribution in [2.75, 3.05) is 6.54 Å². The lowest BCUT2D eigenvalue weighted by Gasteiger charge is -2.22. The number of nitrogens with two attached hydrogens (primary N) is 1. The summed E-state index contributed by atoms with van der Waals surface area (Å²) in [6, 6.07) is 0. The molecule has 0 unspecified atom stereocenters. The highest BCUT2D eigenvalue weighted by atomic mass is 14.8. The number of amidine groups is 1. The predicted molar refractivity (Wildman–Crippen MR) is 55.3 cm³/mol. The first kappa shape index (κ1) is 11.5. The van der Waals surface area contributed by atoms with E-state index in [2.05, 4.69) is 32.7 Å². The van der Waals surface area contributed by atoms with Crippen molar-refractivity contribution in [2.24, 2.45) is 28.5 Å². The largest absolute Gasteiger partial charge is 0.388 e. The van der Waals surface area contributed by atoms with Gasteiger partial charge in [-0.15, -0.1) is 0 Å². The molecule has 0 aliphatic rings. The minimum atomic E-state index is 0.656. The maximum atomic E-state index is 5.49. The van der Waals surface area contributed by atoms with E-state index in [1.807, 2.05) is 6.92 Å². The molecule has 0 heterocycles. The molecule has 12 heavy (non-hydrogen) atoms. The Labute approximate surface area is 76.3 Å². The maximum Gasteiger partial charge on any atom is 0.0905 e. The average Bonchev–Trinajstić information content (AvgIpc) is 1.84. The Hall–Kier alpha value is -0.530. The van der Waals surface area contributed by atoms with Crippen LogP contribution in [0.4, 0.5) is 0 Å². The van der Waals surface area contributed by atoms with Gasteiger partial charge in [0.1, 0.15) is 0 Å². The Morgan fingerprint density at radius 1 is 1.17 bits per heavy atom. The van der Waals surface area contributed by atoms with Crippen LogP contribution in [0.25, 0.3) is 0 Å². The van der Waals surface area contributed by atoms with Crippen molar-refractivity contribution >= 4 is 5.84 Å². The van der Waals surface area contributed by atoms with Gasteiger partial charge in [-0.1, -0.05) is 27.7 Å². The highest BCUT2D eigenvalue weighted by Gasteiger charge is 2.16. The second-order valence-electron chi connectivity index (χ2n) is 4.13. The van der Waals surface area contributed by atoms with E-state index in [1.165, 1.54) is 0 Å². The van der Waals surface area contributed by atoms with E-state index in [4.69, 9.17) is 5.73 Å². The fourth-order valence-electron chi connectivity index (χ4n) is 1.44. The minimum absolute atomic E-state index is 0.656. The lowest BCUT2D eigenvalue weighted by molar-refractivity contribution is 0.298. The molecule has 0 spiro atoms. The van der Waals surface area contributed by atoms with Gasteiger partial charge in [0, 0.05) is 6.54 Å². The topological polar surface area (TPSA) is 38.4 Å². The van der Waals surface area contributed by atoms with E-state index in [-0.39, 0.29) is 0 Å². The molecule has 0 amide bonds. The molecule has 2 nitrogen and oxygen atoms in total. The highest BCUT2D eigenvalue weighted by Crippen LogP contribution is 2.20. The zero-order valence-corrected chi connectivity index (χ0v) is 8.96. The Kier molecular flexibility index (Phi) is 4.95. The summed E-state index contributed by atoms with van der Waals surface area (Å²) >= 11 is 0. The van der Waals surface area contributed by atoms with Crippen LogP contribution in [0.5, 0.6) is 0 Å². The van der Waals surface area contributed by atoms with Gasteiger partial charge in [-0.25, -0.2) is 0 Å². The first-order valence-corrected chi connectivity index (χ1v) is 4.71.